The summed E-state index contributed by atoms with van der Waals surface area (Å²) >= 11 is 1.40. The third kappa shape index (κ3) is 4.08. The summed E-state index contributed by atoms with van der Waals surface area (Å²) in [6.45, 7) is 4.32. The van der Waals surface area contributed by atoms with Gasteiger partial charge in [-0.2, -0.15) is 0 Å². The maximum atomic E-state index is 12.7. The van der Waals surface area contributed by atoms with Crippen LogP contribution >= 0.6 is 11.8 Å². The Bertz CT molecular complexity index is 830. The van der Waals surface area contributed by atoms with Gasteiger partial charge in [0.15, 0.2) is 0 Å². The molecular weight excluding hydrogens is 398 g/mol. The lowest BCUT2D eigenvalue weighted by Gasteiger charge is -2.44. The van der Waals surface area contributed by atoms with Crippen LogP contribution in [0.1, 0.15) is 32.4 Å². The summed E-state index contributed by atoms with van der Waals surface area (Å²) in [5.74, 6) is -2.08. The molecule has 156 valence electrons. The van der Waals surface area contributed by atoms with Crippen LogP contribution in [0.4, 0.5) is 0 Å². The molecule has 2 fully saturated rings. The molecule has 2 saturated heterocycles. The van der Waals surface area contributed by atoms with Crippen molar-refractivity contribution < 1.29 is 28.7 Å². The van der Waals surface area contributed by atoms with Crippen molar-refractivity contribution in [1.29, 1.82) is 0 Å². The number of hydrogen-bond acceptors (Lipinski definition) is 8. The minimum atomic E-state index is -0.901. The molecule has 2 amide bonds. The predicted molar refractivity (Wildman–Crippen MR) is 104 cm³/mol. The molecule has 1 aromatic rings. The minimum Gasteiger partial charge on any atom is -0.428 e. The van der Waals surface area contributed by atoms with Gasteiger partial charge in [0.25, 0.3) is 0 Å². The second kappa shape index (κ2) is 8.03. The lowest BCUT2D eigenvalue weighted by molar-refractivity contribution is -0.175. The molecule has 0 radical (unpaired) electrons. The molecule has 0 aliphatic carbocycles. The highest BCUT2D eigenvalue weighted by Crippen LogP contribution is 2.51. The fourth-order valence-electron chi connectivity index (χ4n) is 3.43. The number of nitrogens with two attached hydrogens (primary N) is 1. The van der Waals surface area contributed by atoms with Gasteiger partial charge >= 0.3 is 11.9 Å². The number of thioether (sulfide) groups is 1. The SMILES string of the molecule is CC(=O)OCOC(=O)[C@@H]1N2C(=O)C(NC(=O)[C@H](N)c3ccccc3)[C@H]2SC1(C)C. The first-order valence-corrected chi connectivity index (χ1v) is 9.92. The lowest BCUT2D eigenvalue weighted by atomic mass is 9.95. The maximum absolute atomic E-state index is 12.7. The van der Waals surface area contributed by atoms with Crippen molar-refractivity contribution in [2.45, 2.75) is 49.0 Å². The topological polar surface area (TPSA) is 128 Å². The number of ether oxygens (including phenoxy) is 2. The van der Waals surface area contributed by atoms with Crippen LogP contribution in [0, 0.1) is 0 Å². The van der Waals surface area contributed by atoms with Crippen LogP contribution in [0.2, 0.25) is 0 Å². The lowest BCUT2D eigenvalue weighted by Crippen LogP contribution is -2.71. The van der Waals surface area contributed by atoms with E-state index in [1.165, 1.54) is 23.6 Å². The highest BCUT2D eigenvalue weighted by molar-refractivity contribution is 8.01. The van der Waals surface area contributed by atoms with Crippen LogP contribution in [0.15, 0.2) is 30.3 Å². The zero-order valence-corrected chi connectivity index (χ0v) is 17.1. The van der Waals surface area contributed by atoms with Gasteiger partial charge in [-0.3, -0.25) is 14.4 Å². The Labute approximate surface area is 172 Å². The van der Waals surface area contributed by atoms with Crippen molar-refractivity contribution in [3.63, 3.8) is 0 Å². The molecule has 2 aliphatic heterocycles. The molecule has 9 nitrogen and oxygen atoms in total. The Morgan fingerprint density at radius 1 is 1.24 bits per heavy atom. The van der Waals surface area contributed by atoms with E-state index in [4.69, 9.17) is 10.5 Å². The van der Waals surface area contributed by atoms with Crippen molar-refractivity contribution >= 4 is 35.5 Å². The fourth-order valence-corrected chi connectivity index (χ4v) is 5.05. The molecule has 0 bridgehead atoms. The monoisotopic (exact) mass is 421 g/mol. The Morgan fingerprint density at radius 2 is 1.90 bits per heavy atom. The number of fused-ring (bicyclic) bond motifs is 1. The normalized spacial score (nSPS) is 25.4. The van der Waals surface area contributed by atoms with Crippen LogP contribution in [-0.2, 0) is 28.7 Å². The number of hydrogen-bond donors (Lipinski definition) is 2. The number of benzene rings is 1. The highest BCUT2D eigenvalue weighted by atomic mass is 32.2. The van der Waals surface area contributed by atoms with Gasteiger partial charge in [-0.15, -0.1) is 11.8 Å². The first-order valence-electron chi connectivity index (χ1n) is 9.04. The van der Waals surface area contributed by atoms with Gasteiger partial charge in [0.2, 0.25) is 18.6 Å². The summed E-state index contributed by atoms with van der Waals surface area (Å²) in [7, 11) is 0. The highest BCUT2D eigenvalue weighted by Gasteiger charge is 2.64. The van der Waals surface area contributed by atoms with Gasteiger partial charge in [-0.25, -0.2) is 4.79 Å². The van der Waals surface area contributed by atoms with Crippen LogP contribution in [0.25, 0.3) is 0 Å². The van der Waals surface area contributed by atoms with E-state index in [0.29, 0.717) is 5.56 Å². The van der Waals surface area contributed by atoms with E-state index in [1.807, 2.05) is 19.9 Å². The Kier molecular flexibility index (Phi) is 5.85. The molecule has 0 saturated carbocycles. The molecule has 2 heterocycles. The van der Waals surface area contributed by atoms with E-state index < -0.39 is 52.9 Å². The number of nitrogens with zero attached hydrogens (tertiary/aromatic N) is 1. The number of β-lactam (4-membered cyclic amide) rings is 1. The van der Waals surface area contributed by atoms with Gasteiger partial charge < -0.3 is 25.4 Å². The number of carbonyl (C=O) groups is 4. The number of carbonyl (C=O) groups excluding carboxylic acids is 4. The van der Waals surface area contributed by atoms with Crippen molar-refractivity contribution in [2.75, 3.05) is 6.79 Å². The van der Waals surface area contributed by atoms with E-state index in [9.17, 15) is 19.2 Å². The van der Waals surface area contributed by atoms with Gasteiger partial charge in [-0.05, 0) is 19.4 Å². The van der Waals surface area contributed by atoms with Crippen molar-refractivity contribution in [3.05, 3.63) is 35.9 Å². The van der Waals surface area contributed by atoms with Crippen LogP contribution in [-0.4, -0.2) is 57.7 Å². The third-order valence-corrected chi connectivity index (χ3v) is 6.44. The molecule has 3 N–H and O–H groups in total. The summed E-state index contributed by atoms with van der Waals surface area (Å²) in [4.78, 5) is 49.9. The molecule has 1 unspecified atom stereocenters. The van der Waals surface area contributed by atoms with Crippen molar-refractivity contribution in [3.8, 4) is 0 Å². The first kappa shape index (κ1) is 21.1. The summed E-state index contributed by atoms with van der Waals surface area (Å²) in [5, 5.41) is 2.29. The maximum Gasteiger partial charge on any atom is 0.333 e. The standard InChI is InChI=1S/C19H23N3O6S/c1-10(23)27-9-28-18(26)14-19(2,3)29-17-13(16(25)22(14)17)21-15(24)12(20)11-7-5-4-6-8-11/h4-8,12-14,17H,9,20H2,1-3H3,(H,21,24)/t12-,13?,14+,17-/m1/s1. The quantitative estimate of drug-likeness (QED) is 0.381. The second-order valence-electron chi connectivity index (χ2n) is 7.35. The Hall–Kier alpha value is -2.59. The largest absolute Gasteiger partial charge is 0.428 e. The van der Waals surface area contributed by atoms with E-state index in [1.54, 1.807) is 24.3 Å². The first-order chi connectivity index (χ1) is 13.6. The predicted octanol–water partition coefficient (Wildman–Crippen LogP) is 0.297. The molecule has 1 aromatic carbocycles. The molecule has 10 heteroatoms. The molecule has 0 aromatic heterocycles. The van der Waals surface area contributed by atoms with Gasteiger partial charge in [-0.1, -0.05) is 30.3 Å². The van der Waals surface area contributed by atoms with Gasteiger partial charge in [0, 0.05) is 11.7 Å². The zero-order valence-electron chi connectivity index (χ0n) is 16.3. The number of amides is 2. The Morgan fingerprint density at radius 3 is 2.52 bits per heavy atom. The minimum absolute atomic E-state index is 0.379. The summed E-state index contributed by atoms with van der Waals surface area (Å²) in [6.07, 6.45) is 0. The molecule has 2 aliphatic rings. The van der Waals surface area contributed by atoms with Crippen molar-refractivity contribution in [2.24, 2.45) is 5.73 Å². The average Bonchev–Trinajstić information content (AvgIpc) is 2.93. The molecule has 4 atom stereocenters. The molecular formula is C19H23N3O6S. The van der Waals surface area contributed by atoms with E-state index >= 15 is 0 Å². The van der Waals surface area contributed by atoms with Crippen LogP contribution in [0.3, 0.4) is 0 Å². The van der Waals surface area contributed by atoms with E-state index in [-0.39, 0.29) is 5.91 Å². The van der Waals surface area contributed by atoms with Gasteiger partial charge in [0.1, 0.15) is 23.5 Å². The van der Waals surface area contributed by atoms with Gasteiger partial charge in [0.05, 0.1) is 0 Å². The fraction of sp³-hybridized carbons (Fsp3) is 0.474. The zero-order chi connectivity index (χ0) is 21.3. The molecule has 0 spiro atoms. The van der Waals surface area contributed by atoms with Crippen LogP contribution in [0.5, 0.6) is 0 Å². The number of rotatable bonds is 6. The van der Waals surface area contributed by atoms with E-state index in [0.717, 1.165) is 0 Å². The summed E-state index contributed by atoms with van der Waals surface area (Å²) < 4.78 is 8.97. The van der Waals surface area contributed by atoms with E-state index in [2.05, 4.69) is 10.1 Å². The number of nitrogens with one attached hydrogen (secondary N) is 1. The average molecular weight is 421 g/mol. The third-order valence-electron chi connectivity index (χ3n) is 4.87. The summed E-state index contributed by atoms with van der Waals surface area (Å²) in [5.41, 5.74) is 6.64. The number of esters is 2. The molecule has 29 heavy (non-hydrogen) atoms. The van der Waals surface area contributed by atoms with Crippen LogP contribution < -0.4 is 11.1 Å². The van der Waals surface area contributed by atoms with Crippen molar-refractivity contribution in [1.82, 2.24) is 10.2 Å². The second-order valence-corrected chi connectivity index (χ2v) is 9.12. The smallest absolute Gasteiger partial charge is 0.333 e. The summed E-state index contributed by atoms with van der Waals surface area (Å²) in [6, 6.07) is 6.33. The molecule has 3 rings (SSSR count). The Balaban J connectivity index is 1.65.